The van der Waals surface area contributed by atoms with Crippen LogP contribution in [-0.4, -0.2) is 30.7 Å². The number of ether oxygens (including phenoxy) is 2. The fourth-order valence-electron chi connectivity index (χ4n) is 6.38. The van der Waals surface area contributed by atoms with Gasteiger partial charge in [0.15, 0.2) is 6.29 Å². The maximum atomic E-state index is 13.6. The van der Waals surface area contributed by atoms with E-state index in [4.69, 9.17) is 13.9 Å². The first-order valence-corrected chi connectivity index (χ1v) is 15.3. The Bertz CT molecular complexity index is 2420. The molecule has 0 aliphatic carbocycles. The molecule has 0 aliphatic rings. The van der Waals surface area contributed by atoms with Gasteiger partial charge in [0.1, 0.15) is 23.5 Å². The maximum Gasteiger partial charge on any atom is 0.416 e. The van der Waals surface area contributed by atoms with E-state index in [-0.39, 0.29) is 26.4 Å². The lowest BCUT2D eigenvalue weighted by Gasteiger charge is -2.15. The van der Waals surface area contributed by atoms with Crippen molar-refractivity contribution < 1.29 is 31.9 Å². The summed E-state index contributed by atoms with van der Waals surface area (Å²) >= 11 is 0. The van der Waals surface area contributed by atoms with E-state index < -0.39 is 22.9 Å². The molecule has 7 nitrogen and oxygen atoms in total. The molecule has 7 rings (SSSR count). The Morgan fingerprint density at radius 2 is 1.33 bits per heavy atom. The molecule has 242 valence electrons. The van der Waals surface area contributed by atoms with E-state index in [1.165, 1.54) is 16.7 Å². The van der Waals surface area contributed by atoms with Crippen molar-refractivity contribution in [1.82, 2.24) is 4.57 Å². The van der Waals surface area contributed by atoms with E-state index in [1.807, 2.05) is 26.0 Å². The molecule has 0 N–H and O–H groups in total. The Balaban J connectivity index is 1.16. The minimum absolute atomic E-state index is 0.0458. The van der Waals surface area contributed by atoms with Gasteiger partial charge in [0.05, 0.1) is 25.3 Å². The number of fused-ring (bicyclic) bond motifs is 2. The summed E-state index contributed by atoms with van der Waals surface area (Å²) in [5.41, 5.74) is 3.03. The predicted octanol–water partition coefficient (Wildman–Crippen LogP) is 8.06. The second-order valence-electron chi connectivity index (χ2n) is 11.7. The molecule has 0 radical (unpaired) electrons. The van der Waals surface area contributed by atoms with Crippen molar-refractivity contribution in [2.75, 3.05) is 19.8 Å². The van der Waals surface area contributed by atoms with Gasteiger partial charge in [-0.05, 0) is 96.1 Å². The lowest BCUT2D eigenvalue weighted by Crippen LogP contribution is -2.34. The third-order valence-electron chi connectivity index (χ3n) is 8.75. The highest BCUT2D eigenvalue weighted by molar-refractivity contribution is 6.26. The lowest BCUT2D eigenvalue weighted by atomic mass is 9.95. The topological polar surface area (TPSA) is 87.7 Å². The molecule has 2 heterocycles. The summed E-state index contributed by atoms with van der Waals surface area (Å²) in [5, 5.41) is 3.31. The van der Waals surface area contributed by atoms with Crippen LogP contribution in [0.1, 0.15) is 27.0 Å². The van der Waals surface area contributed by atoms with Gasteiger partial charge in [-0.2, -0.15) is 13.2 Å². The van der Waals surface area contributed by atoms with E-state index in [0.717, 1.165) is 34.9 Å². The van der Waals surface area contributed by atoms with Crippen molar-refractivity contribution in [1.29, 1.82) is 0 Å². The highest BCUT2D eigenvalue weighted by atomic mass is 19.4. The zero-order valence-corrected chi connectivity index (χ0v) is 25.9. The Morgan fingerprint density at radius 1 is 0.708 bits per heavy atom. The monoisotopic (exact) mass is 651 g/mol. The van der Waals surface area contributed by atoms with Crippen LogP contribution in [0.5, 0.6) is 5.75 Å². The molecule has 0 bridgehead atoms. The molecular formula is C38H28F3NO6. The lowest BCUT2D eigenvalue weighted by molar-refractivity contribution is -0.137. The number of carbonyl (C=O) groups excluding carboxylic acids is 1. The number of alkyl halides is 3. The van der Waals surface area contributed by atoms with Gasteiger partial charge in [0, 0.05) is 32.5 Å². The Kier molecular flexibility index (Phi) is 7.75. The minimum Gasteiger partial charge on any atom is -0.491 e. The van der Waals surface area contributed by atoms with Crippen LogP contribution in [0, 0.1) is 13.8 Å². The minimum atomic E-state index is -4.43. The van der Waals surface area contributed by atoms with E-state index in [0.29, 0.717) is 60.5 Å². The van der Waals surface area contributed by atoms with Gasteiger partial charge in [0.2, 0.25) is 0 Å². The van der Waals surface area contributed by atoms with E-state index in [9.17, 15) is 27.6 Å². The average molecular weight is 652 g/mol. The van der Waals surface area contributed by atoms with Crippen LogP contribution in [0.2, 0.25) is 0 Å². The molecule has 0 saturated carbocycles. The van der Waals surface area contributed by atoms with Crippen LogP contribution in [0.15, 0.2) is 92.9 Å². The fraction of sp³-hybridized carbons (Fsp3) is 0.184. The van der Waals surface area contributed by atoms with E-state index >= 15 is 0 Å². The molecule has 0 spiro atoms. The standard InChI is InChI=1S/C38H28F3NO6/c1-21-17-26(18-22(2)31(21)20-43)47-16-15-46-14-13-42-36(44)28-9-8-27-30-19-24(23-3-6-25(7-4-23)38(39,40)41)5-11-32(30)48-33-12-10-29(37(42)45)34(28)35(27)33/h3-12,17-20H,13-16H2,1-2H3. The number of carbonyl (C=O) groups is 1. The Hall–Kier alpha value is -5.48. The van der Waals surface area contributed by atoms with Crippen molar-refractivity contribution in [3.63, 3.8) is 0 Å². The molecule has 0 atom stereocenters. The third kappa shape index (κ3) is 5.37. The third-order valence-corrected chi connectivity index (χ3v) is 8.75. The second kappa shape index (κ2) is 12.0. The van der Waals surface area contributed by atoms with Gasteiger partial charge in [0.25, 0.3) is 11.1 Å². The summed E-state index contributed by atoms with van der Waals surface area (Å²) < 4.78 is 58.1. The maximum absolute atomic E-state index is 13.6. The van der Waals surface area contributed by atoms with Gasteiger partial charge >= 0.3 is 6.18 Å². The van der Waals surface area contributed by atoms with Crippen LogP contribution in [0.3, 0.4) is 0 Å². The van der Waals surface area contributed by atoms with Gasteiger partial charge < -0.3 is 13.9 Å². The van der Waals surface area contributed by atoms with Crippen LogP contribution >= 0.6 is 0 Å². The predicted molar refractivity (Wildman–Crippen MR) is 179 cm³/mol. The molecule has 2 aromatic heterocycles. The van der Waals surface area contributed by atoms with Crippen LogP contribution in [0.25, 0.3) is 54.6 Å². The Labute approximate surface area is 271 Å². The number of aryl methyl sites for hydroxylation is 2. The number of hydrogen-bond acceptors (Lipinski definition) is 6. The Morgan fingerprint density at radius 3 is 2.00 bits per heavy atom. The molecule has 0 unspecified atom stereocenters. The van der Waals surface area contributed by atoms with Gasteiger partial charge in [-0.25, -0.2) is 0 Å². The first kappa shape index (κ1) is 31.1. The molecule has 0 amide bonds. The van der Waals surface area contributed by atoms with Crippen molar-refractivity contribution in [3.8, 4) is 16.9 Å². The normalized spacial score (nSPS) is 12.1. The smallest absolute Gasteiger partial charge is 0.416 e. The van der Waals surface area contributed by atoms with Crippen molar-refractivity contribution in [3.05, 3.63) is 122 Å². The zero-order chi connectivity index (χ0) is 33.7. The van der Waals surface area contributed by atoms with Crippen molar-refractivity contribution in [2.24, 2.45) is 0 Å². The number of rotatable bonds is 9. The molecular weight excluding hydrogens is 623 g/mol. The summed E-state index contributed by atoms with van der Waals surface area (Å²) in [7, 11) is 0. The average Bonchev–Trinajstić information content (AvgIpc) is 3.06. The van der Waals surface area contributed by atoms with E-state index in [2.05, 4.69) is 0 Å². The van der Waals surface area contributed by atoms with Crippen molar-refractivity contribution in [2.45, 2.75) is 26.6 Å². The molecule has 5 aromatic carbocycles. The molecule has 48 heavy (non-hydrogen) atoms. The molecule has 0 fully saturated rings. The van der Waals surface area contributed by atoms with Crippen LogP contribution in [-0.2, 0) is 17.5 Å². The number of pyridine rings is 1. The highest BCUT2D eigenvalue weighted by Crippen LogP contribution is 2.38. The first-order valence-electron chi connectivity index (χ1n) is 15.3. The van der Waals surface area contributed by atoms with Crippen LogP contribution in [0.4, 0.5) is 13.2 Å². The highest BCUT2D eigenvalue weighted by Gasteiger charge is 2.30. The number of nitrogens with zero attached hydrogens (tertiary/aromatic N) is 1. The number of hydrogen-bond donors (Lipinski definition) is 0. The first-order chi connectivity index (χ1) is 23.0. The fourth-order valence-corrected chi connectivity index (χ4v) is 6.38. The molecule has 0 aliphatic heterocycles. The summed E-state index contributed by atoms with van der Waals surface area (Å²) in [6.45, 7) is 4.32. The summed E-state index contributed by atoms with van der Waals surface area (Å²) in [4.78, 5) is 38.5. The number of benzene rings is 5. The number of aldehydes is 1. The SMILES string of the molecule is Cc1cc(OCCOCCn2c(=O)c3ccc4oc5ccc(-c6ccc(C(F)(F)F)cc6)cc5c5ccc(c2=O)c3c45)cc(C)c1C=O. The summed E-state index contributed by atoms with van der Waals surface area (Å²) in [6.07, 6.45) is -3.61. The number of aromatic nitrogens is 1. The van der Waals surface area contributed by atoms with Gasteiger partial charge in [-0.3, -0.25) is 19.0 Å². The van der Waals surface area contributed by atoms with Gasteiger partial charge in [-0.15, -0.1) is 0 Å². The van der Waals surface area contributed by atoms with E-state index in [1.54, 1.807) is 42.5 Å². The largest absolute Gasteiger partial charge is 0.491 e. The van der Waals surface area contributed by atoms with Crippen LogP contribution < -0.4 is 15.9 Å². The molecule has 7 aromatic rings. The second-order valence-corrected chi connectivity index (χ2v) is 11.7. The molecule has 10 heteroatoms. The van der Waals surface area contributed by atoms with Gasteiger partial charge in [-0.1, -0.05) is 24.3 Å². The summed E-state index contributed by atoms with van der Waals surface area (Å²) in [6, 6.07) is 20.8. The molecule has 0 saturated heterocycles. The summed E-state index contributed by atoms with van der Waals surface area (Å²) in [5.74, 6) is 0.625. The number of halogens is 3. The zero-order valence-electron chi connectivity index (χ0n) is 25.9. The van der Waals surface area contributed by atoms with Crippen molar-refractivity contribution >= 4 is 49.8 Å². The quantitative estimate of drug-likeness (QED) is 0.0679.